The number of carbonyl (C=O) groups excluding carboxylic acids is 1. The average molecular weight is 399 g/mol. The molecule has 2 N–H and O–H groups in total. The Morgan fingerprint density at radius 3 is 2.37 bits per heavy atom. The van der Waals surface area contributed by atoms with Crippen LogP contribution in [-0.4, -0.2) is 28.7 Å². The summed E-state index contributed by atoms with van der Waals surface area (Å²) >= 11 is 5.77. The van der Waals surface area contributed by atoms with Gasteiger partial charge in [0.1, 0.15) is 0 Å². The zero-order chi connectivity index (χ0) is 19.7. The molecule has 0 bridgehead atoms. The fourth-order valence-electron chi connectivity index (χ4n) is 2.43. The molecule has 1 aliphatic heterocycles. The number of hydrogen-bond donors (Lipinski definition) is 2. The van der Waals surface area contributed by atoms with E-state index in [2.05, 4.69) is 15.3 Å². The van der Waals surface area contributed by atoms with Gasteiger partial charge in [-0.25, -0.2) is 0 Å². The molecule has 1 heterocycles. The van der Waals surface area contributed by atoms with E-state index in [1.807, 2.05) is 0 Å². The van der Waals surface area contributed by atoms with Crippen LogP contribution >= 0.6 is 11.6 Å². The van der Waals surface area contributed by atoms with Crippen molar-refractivity contribution in [1.82, 2.24) is 5.32 Å². The lowest BCUT2D eigenvalue weighted by molar-refractivity contribution is -0.355. The molecule has 5 nitrogen and oxygen atoms in total. The van der Waals surface area contributed by atoms with Gasteiger partial charge in [-0.05, 0) is 35.4 Å². The molecule has 9 heteroatoms. The van der Waals surface area contributed by atoms with Gasteiger partial charge in [-0.1, -0.05) is 41.0 Å². The number of rotatable bonds is 4. The Hall–Kier alpha value is -2.58. The molecule has 1 aliphatic rings. The standard InChI is InChI=1S/C18H14ClF3N2O3/c19-14-7-5-13(6-8-14)16(25)23-10-11-1-3-12(4-2-11)15-9-17(26,27-24-15)18(20,21)22/h1-8,26H,9-10H2,(H,23,25). The van der Waals surface area contributed by atoms with E-state index in [1.165, 1.54) is 0 Å². The van der Waals surface area contributed by atoms with Crippen molar-refractivity contribution >= 4 is 23.2 Å². The normalized spacial score (nSPS) is 19.4. The largest absolute Gasteiger partial charge is 0.458 e. The van der Waals surface area contributed by atoms with Gasteiger partial charge in [0.15, 0.2) is 0 Å². The second-order valence-electron chi connectivity index (χ2n) is 5.97. The highest BCUT2D eigenvalue weighted by atomic mass is 35.5. The number of carbonyl (C=O) groups is 1. The maximum atomic E-state index is 12.7. The maximum Gasteiger partial charge on any atom is 0.458 e. The molecule has 1 atom stereocenters. The fraction of sp³-hybridized carbons (Fsp3) is 0.222. The average Bonchev–Trinajstić information content (AvgIpc) is 3.04. The minimum absolute atomic E-state index is 0.00780. The third kappa shape index (κ3) is 4.23. The molecule has 2 aromatic rings. The lowest BCUT2D eigenvalue weighted by Gasteiger charge is -2.22. The van der Waals surface area contributed by atoms with Crippen molar-refractivity contribution in [3.05, 3.63) is 70.2 Å². The number of aliphatic hydroxyl groups is 1. The van der Waals surface area contributed by atoms with E-state index < -0.39 is 18.4 Å². The summed E-state index contributed by atoms with van der Waals surface area (Å²) in [6.07, 6.45) is -5.73. The van der Waals surface area contributed by atoms with E-state index in [-0.39, 0.29) is 18.2 Å². The summed E-state index contributed by atoms with van der Waals surface area (Å²) in [7, 11) is 0. The van der Waals surface area contributed by atoms with Gasteiger partial charge in [0, 0.05) is 17.1 Å². The Kier molecular flexibility index (Phi) is 5.12. The van der Waals surface area contributed by atoms with Gasteiger partial charge in [-0.2, -0.15) is 13.2 Å². The lowest BCUT2D eigenvalue weighted by Crippen LogP contribution is -2.45. The third-order valence-corrected chi connectivity index (χ3v) is 4.26. The summed E-state index contributed by atoms with van der Waals surface area (Å²) in [5.41, 5.74) is 1.58. The highest BCUT2D eigenvalue weighted by molar-refractivity contribution is 6.30. The van der Waals surface area contributed by atoms with Gasteiger partial charge in [0.25, 0.3) is 5.91 Å². The second-order valence-corrected chi connectivity index (χ2v) is 6.41. The van der Waals surface area contributed by atoms with Gasteiger partial charge in [-0.3, -0.25) is 4.79 Å². The Balaban J connectivity index is 1.60. The Morgan fingerprint density at radius 1 is 1.19 bits per heavy atom. The first-order valence-electron chi connectivity index (χ1n) is 7.85. The molecular weight excluding hydrogens is 385 g/mol. The fourth-order valence-corrected chi connectivity index (χ4v) is 2.56. The molecule has 0 spiro atoms. The van der Waals surface area contributed by atoms with Crippen LogP contribution in [0.15, 0.2) is 53.7 Å². The quantitative estimate of drug-likeness (QED) is 0.826. The van der Waals surface area contributed by atoms with Crippen LogP contribution in [0.25, 0.3) is 0 Å². The number of alkyl halides is 3. The summed E-state index contributed by atoms with van der Waals surface area (Å²) in [5.74, 6) is -3.58. The molecule has 1 amide bonds. The molecule has 0 saturated heterocycles. The van der Waals surface area contributed by atoms with Crippen LogP contribution in [0.3, 0.4) is 0 Å². The van der Waals surface area contributed by atoms with Crippen LogP contribution in [0.4, 0.5) is 13.2 Å². The zero-order valence-corrected chi connectivity index (χ0v) is 14.5. The van der Waals surface area contributed by atoms with Crippen molar-refractivity contribution in [2.75, 3.05) is 0 Å². The monoisotopic (exact) mass is 398 g/mol. The number of oxime groups is 1. The molecule has 0 fully saturated rings. The smallest absolute Gasteiger partial charge is 0.350 e. The van der Waals surface area contributed by atoms with E-state index in [1.54, 1.807) is 48.5 Å². The number of nitrogens with zero attached hydrogens (tertiary/aromatic N) is 1. The molecular formula is C18H14ClF3N2O3. The van der Waals surface area contributed by atoms with Crippen molar-refractivity contribution in [3.63, 3.8) is 0 Å². The van der Waals surface area contributed by atoms with Crippen LogP contribution in [0, 0.1) is 0 Å². The zero-order valence-electron chi connectivity index (χ0n) is 13.8. The lowest BCUT2D eigenvalue weighted by atomic mass is 10.0. The Bertz CT molecular complexity index is 867. The summed E-state index contributed by atoms with van der Waals surface area (Å²) in [5, 5.41) is 16.1. The predicted molar refractivity (Wildman–Crippen MR) is 92.3 cm³/mol. The van der Waals surface area contributed by atoms with Crippen molar-refractivity contribution in [1.29, 1.82) is 0 Å². The van der Waals surface area contributed by atoms with E-state index in [0.29, 0.717) is 16.1 Å². The highest BCUT2D eigenvalue weighted by Gasteiger charge is 2.60. The van der Waals surface area contributed by atoms with Crippen molar-refractivity contribution < 1.29 is 27.9 Å². The van der Waals surface area contributed by atoms with Gasteiger partial charge in [0.05, 0.1) is 12.1 Å². The summed E-state index contributed by atoms with van der Waals surface area (Å²) in [6, 6.07) is 12.8. The first kappa shape index (κ1) is 19.2. The molecule has 0 aliphatic carbocycles. The van der Waals surface area contributed by atoms with E-state index >= 15 is 0 Å². The summed E-state index contributed by atoms with van der Waals surface area (Å²) in [4.78, 5) is 16.2. The highest BCUT2D eigenvalue weighted by Crippen LogP contribution is 2.38. The first-order chi connectivity index (χ1) is 12.7. The molecule has 1 unspecified atom stereocenters. The number of benzene rings is 2. The Labute approximate surface area is 157 Å². The number of amides is 1. The van der Waals surface area contributed by atoms with Crippen molar-refractivity contribution in [3.8, 4) is 0 Å². The van der Waals surface area contributed by atoms with E-state index in [9.17, 15) is 23.1 Å². The molecule has 0 saturated carbocycles. The molecule has 3 rings (SSSR count). The van der Waals surface area contributed by atoms with Crippen molar-refractivity contribution in [2.24, 2.45) is 5.16 Å². The van der Waals surface area contributed by atoms with Crippen LogP contribution in [0.2, 0.25) is 5.02 Å². The first-order valence-corrected chi connectivity index (χ1v) is 8.23. The van der Waals surface area contributed by atoms with Crippen LogP contribution in [-0.2, 0) is 11.4 Å². The Morgan fingerprint density at radius 2 is 1.81 bits per heavy atom. The van der Waals surface area contributed by atoms with E-state index in [0.717, 1.165) is 5.56 Å². The van der Waals surface area contributed by atoms with Gasteiger partial charge in [0.2, 0.25) is 0 Å². The van der Waals surface area contributed by atoms with Crippen LogP contribution < -0.4 is 5.32 Å². The topological polar surface area (TPSA) is 70.9 Å². The molecule has 27 heavy (non-hydrogen) atoms. The van der Waals surface area contributed by atoms with Crippen LogP contribution in [0.5, 0.6) is 0 Å². The molecule has 2 aromatic carbocycles. The number of hydrogen-bond acceptors (Lipinski definition) is 4. The summed E-state index contributed by atoms with van der Waals surface area (Å²) in [6.45, 7) is 0.233. The number of halogens is 4. The SMILES string of the molecule is O=C(NCc1ccc(C2=NOC(O)(C(F)(F)F)C2)cc1)c1ccc(Cl)cc1. The number of nitrogens with one attached hydrogen (secondary N) is 1. The predicted octanol–water partition coefficient (Wildman–Crippen LogP) is 3.65. The van der Waals surface area contributed by atoms with Crippen molar-refractivity contribution in [2.45, 2.75) is 24.9 Å². The molecule has 142 valence electrons. The van der Waals surface area contributed by atoms with Gasteiger partial charge < -0.3 is 15.3 Å². The third-order valence-electron chi connectivity index (χ3n) is 4.00. The minimum Gasteiger partial charge on any atom is -0.350 e. The van der Waals surface area contributed by atoms with Gasteiger partial charge >= 0.3 is 12.0 Å². The molecule has 0 radical (unpaired) electrons. The van der Waals surface area contributed by atoms with Gasteiger partial charge in [-0.15, -0.1) is 0 Å². The van der Waals surface area contributed by atoms with E-state index in [4.69, 9.17) is 11.6 Å². The maximum absolute atomic E-state index is 12.7. The summed E-state index contributed by atoms with van der Waals surface area (Å²) < 4.78 is 38.2. The minimum atomic E-state index is -4.94. The van der Waals surface area contributed by atoms with Crippen LogP contribution in [0.1, 0.15) is 27.9 Å². The second kappa shape index (κ2) is 7.21. The molecule has 0 aromatic heterocycles.